The second-order valence-corrected chi connectivity index (χ2v) is 10.1. The van der Waals surface area contributed by atoms with E-state index in [0.717, 1.165) is 5.56 Å². The molecular formula is C27H32ClN7O3. The molecule has 2 amide bonds. The highest BCUT2D eigenvalue weighted by Crippen LogP contribution is 2.32. The third-order valence-corrected chi connectivity index (χ3v) is 6.57. The summed E-state index contributed by atoms with van der Waals surface area (Å²) < 4.78 is 0. The van der Waals surface area contributed by atoms with Gasteiger partial charge in [0.15, 0.2) is 0 Å². The molecule has 10 nitrogen and oxygen atoms in total. The number of carbonyl (C=O) groups excluding carboxylic acids is 2. The third kappa shape index (κ3) is 5.71. The lowest BCUT2D eigenvalue weighted by Crippen LogP contribution is -2.47. The van der Waals surface area contributed by atoms with Crippen LogP contribution < -0.4 is 15.5 Å². The summed E-state index contributed by atoms with van der Waals surface area (Å²) >= 11 is 6.39. The summed E-state index contributed by atoms with van der Waals surface area (Å²) in [5, 5.41) is 16.3. The van der Waals surface area contributed by atoms with Gasteiger partial charge in [0, 0.05) is 37.8 Å². The molecule has 1 aliphatic heterocycles. The molecule has 0 bridgehead atoms. The van der Waals surface area contributed by atoms with Crippen LogP contribution in [0.4, 0.5) is 11.8 Å². The number of hydrogen-bond acceptors (Lipinski definition) is 8. The third-order valence-electron chi connectivity index (χ3n) is 6.29. The molecule has 4 rings (SSSR count). The first-order valence-electron chi connectivity index (χ1n) is 12.4. The zero-order valence-electron chi connectivity index (χ0n) is 22.1. The van der Waals surface area contributed by atoms with Crippen molar-refractivity contribution in [3.8, 4) is 11.3 Å². The van der Waals surface area contributed by atoms with Gasteiger partial charge in [0.25, 0.3) is 5.91 Å². The lowest BCUT2D eigenvalue weighted by molar-refractivity contribution is -0.126. The van der Waals surface area contributed by atoms with Gasteiger partial charge >= 0.3 is 0 Å². The molecule has 0 radical (unpaired) electrons. The number of rotatable bonds is 9. The second kappa shape index (κ2) is 11.3. The molecule has 3 aromatic rings. The summed E-state index contributed by atoms with van der Waals surface area (Å²) in [6.45, 7) is 5.60. The van der Waals surface area contributed by atoms with E-state index in [1.807, 2.05) is 57.1 Å². The Morgan fingerprint density at radius 3 is 2.63 bits per heavy atom. The number of fused-ring (bicyclic) bond motifs is 1. The summed E-state index contributed by atoms with van der Waals surface area (Å²) in [6.07, 6.45) is 1.53. The summed E-state index contributed by atoms with van der Waals surface area (Å²) in [5.41, 5.74) is 3.04. The van der Waals surface area contributed by atoms with Crippen molar-refractivity contribution in [2.45, 2.75) is 45.4 Å². The molecule has 3 N–H and O–H groups in total. The highest BCUT2D eigenvalue weighted by atomic mass is 35.5. The van der Waals surface area contributed by atoms with Crippen molar-refractivity contribution in [3.63, 3.8) is 0 Å². The molecule has 1 aromatic carbocycles. The van der Waals surface area contributed by atoms with Crippen LogP contribution in [0.15, 0.2) is 42.6 Å². The largest absolute Gasteiger partial charge is 0.394 e. The maximum absolute atomic E-state index is 13.4. The smallest absolute Gasteiger partial charge is 0.255 e. The molecule has 1 aliphatic rings. The molecule has 0 saturated heterocycles. The van der Waals surface area contributed by atoms with Gasteiger partial charge in [0.1, 0.15) is 11.9 Å². The Bertz CT molecular complexity index is 1350. The first-order valence-corrected chi connectivity index (χ1v) is 12.8. The van der Waals surface area contributed by atoms with E-state index in [1.54, 1.807) is 19.1 Å². The zero-order valence-corrected chi connectivity index (χ0v) is 22.8. The minimum atomic E-state index is -0.770. The maximum atomic E-state index is 13.4. The number of hydrogen-bond donors (Lipinski definition) is 3. The van der Waals surface area contributed by atoms with Crippen LogP contribution in [0, 0.1) is 0 Å². The number of amides is 2. The van der Waals surface area contributed by atoms with E-state index in [9.17, 15) is 14.7 Å². The molecule has 0 spiro atoms. The van der Waals surface area contributed by atoms with Crippen LogP contribution in [-0.2, 0) is 11.3 Å². The lowest BCUT2D eigenvalue weighted by atomic mass is 10.0. The van der Waals surface area contributed by atoms with Crippen molar-refractivity contribution in [2.24, 2.45) is 0 Å². The number of benzene rings is 1. The quantitative estimate of drug-likeness (QED) is 0.380. The molecule has 200 valence electrons. The molecule has 3 heterocycles. The Morgan fingerprint density at radius 1 is 1.18 bits per heavy atom. The SMILES string of the molecule is CC(C)Nc1ncc(Cl)c(-c2ccc3c(c2)C(=O)N(C(C)C(=O)NC(CO)c2cccc(N(C)C)n2)C3)n1. The average Bonchev–Trinajstić information content (AvgIpc) is 3.23. The first kappa shape index (κ1) is 27.3. The van der Waals surface area contributed by atoms with Gasteiger partial charge in [-0.15, -0.1) is 0 Å². The average molecular weight is 538 g/mol. The zero-order chi connectivity index (χ0) is 27.6. The topological polar surface area (TPSA) is 124 Å². The summed E-state index contributed by atoms with van der Waals surface area (Å²) in [4.78, 5) is 43.1. The number of halogens is 1. The Balaban J connectivity index is 1.51. The molecule has 2 aromatic heterocycles. The van der Waals surface area contributed by atoms with Crippen molar-refractivity contribution in [1.82, 2.24) is 25.2 Å². The molecule has 38 heavy (non-hydrogen) atoms. The fourth-order valence-electron chi connectivity index (χ4n) is 4.21. The number of anilines is 2. The van der Waals surface area contributed by atoms with E-state index in [-0.39, 0.29) is 24.5 Å². The van der Waals surface area contributed by atoms with Crippen LogP contribution in [-0.4, -0.2) is 69.6 Å². The number of pyridine rings is 1. The van der Waals surface area contributed by atoms with E-state index in [2.05, 4.69) is 25.6 Å². The van der Waals surface area contributed by atoms with Crippen LogP contribution >= 0.6 is 11.6 Å². The Morgan fingerprint density at radius 2 is 1.95 bits per heavy atom. The maximum Gasteiger partial charge on any atom is 0.255 e. The minimum Gasteiger partial charge on any atom is -0.394 e. The van der Waals surface area contributed by atoms with Gasteiger partial charge in [0.2, 0.25) is 11.9 Å². The molecule has 11 heteroatoms. The standard InChI is InChI=1S/C27H32ClN7O3/c1-15(2)30-27-29-12-20(28)24(33-27)17-9-10-18-13-35(26(38)19(18)11-17)16(3)25(37)32-22(14-36)21-7-6-8-23(31-21)34(4)5/h6-12,15-16,22,36H,13-14H2,1-5H3,(H,32,37)(H,29,30,33). The van der Waals surface area contributed by atoms with Crippen LogP contribution in [0.25, 0.3) is 11.3 Å². The van der Waals surface area contributed by atoms with Gasteiger partial charge in [-0.3, -0.25) is 9.59 Å². The van der Waals surface area contributed by atoms with Gasteiger partial charge in [-0.2, -0.15) is 0 Å². The van der Waals surface area contributed by atoms with E-state index in [0.29, 0.717) is 45.8 Å². The van der Waals surface area contributed by atoms with Gasteiger partial charge in [-0.1, -0.05) is 29.8 Å². The number of nitrogens with zero attached hydrogens (tertiary/aromatic N) is 5. The molecule has 2 atom stereocenters. The Kier molecular flexibility index (Phi) is 8.13. The molecular weight excluding hydrogens is 506 g/mol. The Labute approximate surface area is 227 Å². The first-order chi connectivity index (χ1) is 18.1. The van der Waals surface area contributed by atoms with E-state index in [4.69, 9.17) is 11.6 Å². The van der Waals surface area contributed by atoms with Gasteiger partial charge in [-0.05, 0) is 44.5 Å². The fourth-order valence-corrected chi connectivity index (χ4v) is 4.41. The summed E-state index contributed by atoms with van der Waals surface area (Å²) in [7, 11) is 3.73. The number of aromatic nitrogens is 3. The van der Waals surface area contributed by atoms with Crippen LogP contribution in [0.1, 0.15) is 48.4 Å². The fraction of sp³-hybridized carbons (Fsp3) is 0.370. The van der Waals surface area contributed by atoms with Crippen LogP contribution in [0.5, 0.6) is 0 Å². The highest BCUT2D eigenvalue weighted by molar-refractivity contribution is 6.33. The van der Waals surface area contributed by atoms with Crippen molar-refractivity contribution in [3.05, 3.63) is 64.4 Å². The van der Waals surface area contributed by atoms with Gasteiger partial charge < -0.3 is 25.5 Å². The highest BCUT2D eigenvalue weighted by Gasteiger charge is 2.35. The van der Waals surface area contributed by atoms with Crippen LogP contribution in [0.2, 0.25) is 5.02 Å². The van der Waals surface area contributed by atoms with Gasteiger partial charge in [0.05, 0.1) is 35.3 Å². The van der Waals surface area contributed by atoms with E-state index in [1.165, 1.54) is 11.1 Å². The van der Waals surface area contributed by atoms with E-state index < -0.39 is 12.1 Å². The number of aliphatic hydroxyl groups is 1. The lowest BCUT2D eigenvalue weighted by Gasteiger charge is -2.26. The number of aliphatic hydroxyl groups excluding tert-OH is 1. The molecule has 0 aliphatic carbocycles. The van der Waals surface area contributed by atoms with Crippen LogP contribution in [0.3, 0.4) is 0 Å². The minimum absolute atomic E-state index is 0.143. The van der Waals surface area contributed by atoms with Crippen molar-refractivity contribution in [2.75, 3.05) is 30.9 Å². The molecule has 0 fully saturated rings. The molecule has 0 saturated carbocycles. The number of carbonyl (C=O) groups is 2. The van der Waals surface area contributed by atoms with Crippen molar-refractivity contribution in [1.29, 1.82) is 0 Å². The molecule has 2 unspecified atom stereocenters. The summed E-state index contributed by atoms with van der Waals surface area (Å²) in [5.74, 6) is 0.511. The van der Waals surface area contributed by atoms with Gasteiger partial charge in [-0.25, -0.2) is 15.0 Å². The predicted octanol–water partition coefficient (Wildman–Crippen LogP) is 3.27. The van der Waals surface area contributed by atoms with Crippen molar-refractivity contribution >= 4 is 35.2 Å². The van der Waals surface area contributed by atoms with E-state index >= 15 is 0 Å². The predicted molar refractivity (Wildman–Crippen MR) is 147 cm³/mol. The number of nitrogens with one attached hydrogen (secondary N) is 2. The monoisotopic (exact) mass is 537 g/mol. The second-order valence-electron chi connectivity index (χ2n) is 9.73. The summed E-state index contributed by atoms with van der Waals surface area (Å²) in [6, 6.07) is 9.55. The Hall–Kier alpha value is -3.76. The van der Waals surface area contributed by atoms with Crippen molar-refractivity contribution < 1.29 is 14.7 Å². The normalized spacial score (nSPS) is 14.3.